The van der Waals surface area contributed by atoms with Gasteiger partial charge in [0.2, 0.25) is 5.91 Å². The van der Waals surface area contributed by atoms with E-state index < -0.39 is 18.0 Å². The number of carboxylic acid groups (broad SMARTS) is 1. The number of aliphatic hydroxyl groups excluding tert-OH is 1. The molecule has 1 aliphatic rings. The number of alkyl halides is 2. The number of halogens is 2. The Morgan fingerprint density at radius 2 is 1.94 bits per heavy atom. The van der Waals surface area contributed by atoms with Crippen molar-refractivity contribution in [3.63, 3.8) is 0 Å². The Kier molecular flexibility index (Phi) is 7.17. The molecule has 1 heterocycles. The summed E-state index contributed by atoms with van der Waals surface area (Å²) in [5.74, 6) is -4.48. The van der Waals surface area contributed by atoms with Gasteiger partial charge in [0.25, 0.3) is 0 Å². The van der Waals surface area contributed by atoms with Gasteiger partial charge in [-0.3, -0.25) is 4.79 Å². The van der Waals surface area contributed by atoms with Crippen LogP contribution in [0.5, 0.6) is 0 Å². The van der Waals surface area contributed by atoms with Crippen LogP contribution in [-0.2, 0) is 17.1 Å². The van der Waals surface area contributed by atoms with Crippen molar-refractivity contribution in [2.24, 2.45) is 0 Å². The summed E-state index contributed by atoms with van der Waals surface area (Å²) < 4.78 is 28.9. The Morgan fingerprint density at radius 1 is 1.19 bits per heavy atom. The van der Waals surface area contributed by atoms with Gasteiger partial charge in [-0.2, -0.15) is 8.78 Å². The largest absolute Gasteiger partial charge is 0.478 e. The molecule has 0 radical (unpaired) electrons. The van der Waals surface area contributed by atoms with E-state index in [-0.39, 0.29) is 23.1 Å². The highest BCUT2D eigenvalue weighted by Crippen LogP contribution is 2.32. The maximum atomic E-state index is 14.5. The fraction of sp³-hybridized carbons (Fsp3) is 0.333. The minimum Gasteiger partial charge on any atom is -0.478 e. The van der Waals surface area contributed by atoms with E-state index in [1.54, 1.807) is 23.1 Å². The van der Waals surface area contributed by atoms with Crippen molar-refractivity contribution in [3.8, 4) is 0 Å². The number of amides is 1. The molecule has 164 valence electrons. The van der Waals surface area contributed by atoms with E-state index in [4.69, 9.17) is 5.11 Å². The van der Waals surface area contributed by atoms with E-state index in [1.807, 2.05) is 6.07 Å². The van der Waals surface area contributed by atoms with Crippen LogP contribution in [-0.4, -0.2) is 45.7 Å². The average Bonchev–Trinajstić information content (AvgIpc) is 3.12. The Balaban J connectivity index is 1.59. The lowest BCUT2D eigenvalue weighted by atomic mass is 10.0. The highest BCUT2D eigenvalue weighted by atomic mass is 19.3. The van der Waals surface area contributed by atoms with Gasteiger partial charge in [0.1, 0.15) is 6.10 Å². The first-order chi connectivity index (χ1) is 14.8. The second-order valence-corrected chi connectivity index (χ2v) is 7.62. The summed E-state index contributed by atoms with van der Waals surface area (Å²) >= 11 is 0. The van der Waals surface area contributed by atoms with Crippen LogP contribution in [0, 0.1) is 0 Å². The van der Waals surface area contributed by atoms with Crippen molar-refractivity contribution in [3.05, 3.63) is 83.4 Å². The number of carboxylic acids is 1. The van der Waals surface area contributed by atoms with Gasteiger partial charge in [-0.05, 0) is 37.0 Å². The molecule has 0 bridgehead atoms. The maximum Gasteiger partial charge on any atom is 0.335 e. The van der Waals surface area contributed by atoms with Crippen molar-refractivity contribution in [2.75, 3.05) is 6.54 Å². The summed E-state index contributed by atoms with van der Waals surface area (Å²) in [6.07, 6.45) is 2.60. The third-order valence-corrected chi connectivity index (χ3v) is 5.46. The Hall–Kier alpha value is -3.06. The molecule has 5 nitrogen and oxygen atoms in total. The number of carbonyl (C=O) groups is 2. The third kappa shape index (κ3) is 5.55. The minimum atomic E-state index is -3.43. The number of hydrogen-bond acceptors (Lipinski definition) is 3. The van der Waals surface area contributed by atoms with Crippen molar-refractivity contribution >= 4 is 11.9 Å². The minimum absolute atomic E-state index is 0.0572. The smallest absolute Gasteiger partial charge is 0.335 e. The number of carbonyl (C=O) groups excluding carboxylic acids is 1. The first kappa shape index (κ1) is 22.6. The van der Waals surface area contributed by atoms with Gasteiger partial charge < -0.3 is 15.1 Å². The lowest BCUT2D eigenvalue weighted by Crippen LogP contribution is -2.34. The second-order valence-electron chi connectivity index (χ2n) is 7.62. The van der Waals surface area contributed by atoms with Crippen LogP contribution >= 0.6 is 0 Å². The van der Waals surface area contributed by atoms with Gasteiger partial charge in [-0.15, -0.1) is 0 Å². The van der Waals surface area contributed by atoms with Crippen LogP contribution in [0.4, 0.5) is 8.78 Å². The molecule has 0 aromatic heterocycles. The van der Waals surface area contributed by atoms with Crippen LogP contribution in [0.1, 0.15) is 40.7 Å². The fourth-order valence-electron chi connectivity index (χ4n) is 3.75. The monoisotopic (exact) mass is 429 g/mol. The molecule has 31 heavy (non-hydrogen) atoms. The first-order valence-electron chi connectivity index (χ1n) is 10.2. The van der Waals surface area contributed by atoms with Gasteiger partial charge in [0.15, 0.2) is 0 Å². The molecule has 0 saturated carbocycles. The molecule has 2 atom stereocenters. The molecule has 2 N–H and O–H groups in total. The van der Waals surface area contributed by atoms with E-state index in [0.29, 0.717) is 32.2 Å². The molecular formula is C24H25F2NO4. The van der Waals surface area contributed by atoms with Gasteiger partial charge in [-0.1, -0.05) is 54.6 Å². The maximum absolute atomic E-state index is 14.5. The molecule has 2 aromatic rings. The van der Waals surface area contributed by atoms with Crippen LogP contribution in [0.2, 0.25) is 0 Å². The van der Waals surface area contributed by atoms with Crippen molar-refractivity contribution in [1.82, 2.24) is 4.90 Å². The summed E-state index contributed by atoms with van der Waals surface area (Å²) in [4.78, 5) is 24.9. The molecule has 0 spiro atoms. The predicted molar refractivity (Wildman–Crippen MR) is 112 cm³/mol. The number of rotatable bonds is 9. The van der Waals surface area contributed by atoms with Crippen LogP contribution in [0.3, 0.4) is 0 Å². The molecule has 1 saturated heterocycles. The predicted octanol–water partition coefficient (Wildman–Crippen LogP) is 4.02. The summed E-state index contributed by atoms with van der Waals surface area (Å²) in [6, 6.07) is 13.4. The Morgan fingerprint density at radius 3 is 2.65 bits per heavy atom. The average molecular weight is 429 g/mol. The van der Waals surface area contributed by atoms with Crippen LogP contribution < -0.4 is 0 Å². The lowest BCUT2D eigenvalue weighted by Gasteiger charge is -2.24. The Bertz CT molecular complexity index is 946. The number of benzene rings is 2. The molecule has 1 aliphatic heterocycles. The lowest BCUT2D eigenvalue weighted by molar-refractivity contribution is -0.128. The van der Waals surface area contributed by atoms with E-state index in [0.717, 1.165) is 11.6 Å². The Labute approximate surface area is 179 Å². The fourth-order valence-corrected chi connectivity index (χ4v) is 3.75. The summed E-state index contributed by atoms with van der Waals surface area (Å²) in [5, 5.41) is 19.1. The van der Waals surface area contributed by atoms with E-state index >= 15 is 0 Å². The highest BCUT2D eigenvalue weighted by molar-refractivity contribution is 5.87. The zero-order chi connectivity index (χ0) is 22.4. The third-order valence-electron chi connectivity index (χ3n) is 5.46. The number of aryl methyl sites for hydroxylation is 1. The van der Waals surface area contributed by atoms with Crippen molar-refractivity contribution in [1.29, 1.82) is 0 Å². The van der Waals surface area contributed by atoms with Crippen LogP contribution in [0.25, 0.3) is 0 Å². The number of nitrogens with zero attached hydrogens (tertiary/aromatic N) is 1. The standard InChI is InChI=1S/C24H25F2NO4/c25-24(26,19-9-2-1-3-10-19)21(28)13-11-20-12-14-22(29)27(20)15-5-7-17-6-4-8-18(16-17)23(30)31/h1-4,6,8-11,13,16,20-21,28H,5,7,12,14-15H2,(H,30,31)/b13-11+/t20-,21?/m0/s1. The molecule has 1 unspecified atom stereocenters. The molecule has 2 aromatic carbocycles. The number of aliphatic hydroxyl groups is 1. The van der Waals surface area contributed by atoms with Crippen LogP contribution in [0.15, 0.2) is 66.7 Å². The topological polar surface area (TPSA) is 77.8 Å². The van der Waals surface area contributed by atoms with Gasteiger partial charge in [-0.25, -0.2) is 4.79 Å². The number of aromatic carboxylic acids is 1. The normalized spacial score (nSPS) is 18.0. The first-order valence-corrected chi connectivity index (χ1v) is 10.2. The molecule has 1 fully saturated rings. The zero-order valence-corrected chi connectivity index (χ0v) is 17.0. The SMILES string of the molecule is O=C(O)c1cccc(CCCN2C(=O)CC[C@@H]2/C=C/C(O)C(F)(F)c2ccccc2)c1. The summed E-state index contributed by atoms with van der Waals surface area (Å²) in [5.41, 5.74) is 0.801. The molecular weight excluding hydrogens is 404 g/mol. The summed E-state index contributed by atoms with van der Waals surface area (Å²) in [6.45, 7) is 0.427. The van der Waals surface area contributed by atoms with E-state index in [9.17, 15) is 23.5 Å². The van der Waals surface area contributed by atoms with Crippen molar-refractivity contribution in [2.45, 2.75) is 43.8 Å². The highest BCUT2D eigenvalue weighted by Gasteiger charge is 2.39. The van der Waals surface area contributed by atoms with Gasteiger partial charge in [0.05, 0.1) is 11.6 Å². The molecule has 3 rings (SSSR count). The summed E-state index contributed by atoms with van der Waals surface area (Å²) in [7, 11) is 0. The van der Waals surface area contributed by atoms with E-state index in [1.165, 1.54) is 36.4 Å². The van der Waals surface area contributed by atoms with Gasteiger partial charge in [0, 0.05) is 18.5 Å². The molecule has 1 amide bonds. The molecule has 7 heteroatoms. The van der Waals surface area contributed by atoms with Gasteiger partial charge >= 0.3 is 11.9 Å². The zero-order valence-electron chi connectivity index (χ0n) is 17.0. The molecule has 0 aliphatic carbocycles. The number of hydrogen-bond donors (Lipinski definition) is 2. The quantitative estimate of drug-likeness (QED) is 0.591. The van der Waals surface area contributed by atoms with Crippen molar-refractivity contribution < 1.29 is 28.6 Å². The number of likely N-dealkylation sites (tertiary alicyclic amines) is 1. The second kappa shape index (κ2) is 9.83. The van der Waals surface area contributed by atoms with E-state index in [2.05, 4.69) is 0 Å².